The molecule has 0 spiro atoms. The maximum atomic E-state index is 13.6. The molecule has 0 aliphatic rings. The number of benzene rings is 1. The molecule has 0 saturated heterocycles. The number of carboxylic acid groups (broad SMARTS) is 1. The third-order valence-corrected chi connectivity index (χ3v) is 2.98. The SMILES string of the molecule is Nc1nonc1-n1nnc(C(=O)O)c1CNc1ccccc1F. The van der Waals surface area contributed by atoms with Gasteiger partial charge in [-0.2, -0.15) is 4.68 Å². The number of aromatic nitrogens is 5. The number of carbonyl (C=O) groups is 1. The molecule has 3 rings (SSSR count). The highest BCUT2D eigenvalue weighted by Crippen LogP contribution is 2.18. The monoisotopic (exact) mass is 319 g/mol. The molecule has 0 bridgehead atoms. The van der Waals surface area contributed by atoms with Gasteiger partial charge in [0.25, 0.3) is 0 Å². The van der Waals surface area contributed by atoms with Crippen LogP contribution >= 0.6 is 0 Å². The lowest BCUT2D eigenvalue weighted by Gasteiger charge is -2.08. The molecule has 2 heterocycles. The summed E-state index contributed by atoms with van der Waals surface area (Å²) >= 11 is 0. The summed E-state index contributed by atoms with van der Waals surface area (Å²) < 4.78 is 19.2. The number of hydrogen-bond donors (Lipinski definition) is 3. The average Bonchev–Trinajstić information content (AvgIpc) is 3.12. The van der Waals surface area contributed by atoms with E-state index in [-0.39, 0.29) is 35.3 Å². The van der Waals surface area contributed by atoms with Crippen molar-refractivity contribution < 1.29 is 18.9 Å². The Hall–Kier alpha value is -3.50. The van der Waals surface area contributed by atoms with Gasteiger partial charge in [-0.05, 0) is 22.4 Å². The lowest BCUT2D eigenvalue weighted by Crippen LogP contribution is -2.13. The van der Waals surface area contributed by atoms with E-state index in [0.717, 1.165) is 4.68 Å². The summed E-state index contributed by atoms with van der Waals surface area (Å²) in [5.41, 5.74) is 5.56. The van der Waals surface area contributed by atoms with Crippen LogP contribution in [-0.4, -0.2) is 36.4 Å². The molecule has 2 aromatic heterocycles. The highest BCUT2D eigenvalue weighted by atomic mass is 19.1. The molecule has 3 aromatic rings. The Morgan fingerprint density at radius 3 is 2.83 bits per heavy atom. The molecule has 0 atom stereocenters. The van der Waals surface area contributed by atoms with Gasteiger partial charge in [-0.3, -0.25) is 0 Å². The fourth-order valence-corrected chi connectivity index (χ4v) is 1.92. The maximum Gasteiger partial charge on any atom is 0.358 e. The van der Waals surface area contributed by atoms with Crippen molar-refractivity contribution in [3.05, 3.63) is 41.5 Å². The smallest absolute Gasteiger partial charge is 0.358 e. The molecule has 11 heteroatoms. The van der Waals surface area contributed by atoms with Gasteiger partial charge in [-0.15, -0.1) is 5.10 Å². The summed E-state index contributed by atoms with van der Waals surface area (Å²) in [4.78, 5) is 11.3. The number of nitrogens with zero attached hydrogens (tertiary/aromatic N) is 5. The van der Waals surface area contributed by atoms with Gasteiger partial charge < -0.3 is 16.2 Å². The van der Waals surface area contributed by atoms with E-state index in [1.54, 1.807) is 6.07 Å². The Bertz CT molecular complexity index is 860. The van der Waals surface area contributed by atoms with Crippen LogP contribution in [0, 0.1) is 5.82 Å². The second-order valence-electron chi connectivity index (χ2n) is 4.41. The predicted molar refractivity (Wildman–Crippen MR) is 74.3 cm³/mol. The van der Waals surface area contributed by atoms with Crippen LogP contribution in [0.5, 0.6) is 0 Å². The van der Waals surface area contributed by atoms with E-state index in [9.17, 15) is 14.3 Å². The van der Waals surface area contributed by atoms with Gasteiger partial charge in [0.2, 0.25) is 11.6 Å². The van der Waals surface area contributed by atoms with Crippen LogP contribution in [0.3, 0.4) is 0 Å². The highest BCUT2D eigenvalue weighted by Gasteiger charge is 2.23. The van der Waals surface area contributed by atoms with Crippen molar-refractivity contribution in [3.63, 3.8) is 0 Å². The standard InChI is InChI=1S/C12H10FN7O3/c13-6-3-1-2-4-7(6)15-5-8-9(12(21)22)16-19-20(8)11-10(14)17-23-18-11/h1-4,15H,5H2,(H2,14,17)(H,21,22). The van der Waals surface area contributed by atoms with E-state index in [0.29, 0.717) is 0 Å². The van der Waals surface area contributed by atoms with Gasteiger partial charge in [0, 0.05) is 0 Å². The maximum absolute atomic E-state index is 13.6. The first-order valence-corrected chi connectivity index (χ1v) is 6.32. The van der Waals surface area contributed by atoms with Crippen molar-refractivity contribution in [2.75, 3.05) is 11.1 Å². The molecule has 118 valence electrons. The third-order valence-electron chi connectivity index (χ3n) is 2.98. The summed E-state index contributed by atoms with van der Waals surface area (Å²) in [5.74, 6) is -1.86. The van der Waals surface area contributed by atoms with Gasteiger partial charge in [0.05, 0.1) is 12.2 Å². The van der Waals surface area contributed by atoms with Gasteiger partial charge in [0.1, 0.15) is 11.5 Å². The number of para-hydroxylation sites is 1. The number of hydrogen-bond acceptors (Lipinski definition) is 8. The largest absolute Gasteiger partial charge is 0.476 e. The Morgan fingerprint density at radius 1 is 1.39 bits per heavy atom. The number of carboxylic acids is 1. The number of nitrogen functional groups attached to an aromatic ring is 1. The Balaban J connectivity index is 1.97. The summed E-state index contributed by atoms with van der Waals surface area (Å²) in [6.45, 7) is -0.0815. The zero-order chi connectivity index (χ0) is 16.4. The van der Waals surface area contributed by atoms with Crippen molar-refractivity contribution in [2.45, 2.75) is 6.54 Å². The van der Waals surface area contributed by atoms with Crippen LogP contribution in [0.25, 0.3) is 5.82 Å². The Labute approximate surface area is 127 Å². The minimum atomic E-state index is -1.29. The molecule has 10 nitrogen and oxygen atoms in total. The normalized spacial score (nSPS) is 10.7. The van der Waals surface area contributed by atoms with Crippen LogP contribution in [-0.2, 0) is 6.54 Å². The van der Waals surface area contributed by atoms with Crippen LogP contribution < -0.4 is 11.1 Å². The third kappa shape index (κ3) is 2.66. The molecule has 0 fully saturated rings. The van der Waals surface area contributed by atoms with E-state index in [4.69, 9.17) is 5.73 Å². The predicted octanol–water partition coefficient (Wildman–Crippen LogP) is 0.682. The summed E-state index contributed by atoms with van der Waals surface area (Å²) in [6.07, 6.45) is 0. The molecule has 4 N–H and O–H groups in total. The van der Waals surface area contributed by atoms with Gasteiger partial charge >= 0.3 is 5.97 Å². The first kappa shape index (κ1) is 14.4. The Kier molecular flexibility index (Phi) is 3.58. The minimum absolute atomic E-state index is 0.00432. The molecule has 0 amide bonds. The van der Waals surface area contributed by atoms with E-state index in [2.05, 4.69) is 30.6 Å². The first-order valence-electron chi connectivity index (χ1n) is 6.32. The molecule has 23 heavy (non-hydrogen) atoms. The number of halogens is 1. The van der Waals surface area contributed by atoms with Crippen LogP contribution in [0.1, 0.15) is 16.2 Å². The first-order chi connectivity index (χ1) is 11.1. The van der Waals surface area contributed by atoms with Crippen molar-refractivity contribution in [2.24, 2.45) is 0 Å². The summed E-state index contributed by atoms with van der Waals surface area (Å²) in [6, 6.07) is 5.96. The topological polar surface area (TPSA) is 145 Å². The molecule has 0 saturated carbocycles. The zero-order valence-electron chi connectivity index (χ0n) is 11.5. The van der Waals surface area contributed by atoms with Gasteiger partial charge in [-0.1, -0.05) is 17.3 Å². The van der Waals surface area contributed by atoms with Crippen molar-refractivity contribution in [3.8, 4) is 5.82 Å². The average molecular weight is 319 g/mol. The summed E-state index contributed by atoms with van der Waals surface area (Å²) in [5, 5.41) is 26.2. The second kappa shape index (κ2) is 5.71. The minimum Gasteiger partial charge on any atom is -0.476 e. The van der Waals surface area contributed by atoms with Crippen molar-refractivity contribution in [1.82, 2.24) is 25.3 Å². The van der Waals surface area contributed by atoms with E-state index < -0.39 is 11.8 Å². The number of aromatic carboxylic acids is 1. The lowest BCUT2D eigenvalue weighted by atomic mass is 10.2. The van der Waals surface area contributed by atoms with E-state index >= 15 is 0 Å². The quantitative estimate of drug-likeness (QED) is 0.618. The second-order valence-corrected chi connectivity index (χ2v) is 4.41. The molecule has 0 radical (unpaired) electrons. The van der Waals surface area contributed by atoms with Crippen LogP contribution in [0.2, 0.25) is 0 Å². The number of nitrogens with one attached hydrogen (secondary N) is 1. The molecule has 1 aromatic carbocycles. The number of rotatable bonds is 5. The lowest BCUT2D eigenvalue weighted by molar-refractivity contribution is 0.0689. The molecule has 0 unspecified atom stereocenters. The zero-order valence-corrected chi connectivity index (χ0v) is 11.5. The van der Waals surface area contributed by atoms with E-state index in [1.165, 1.54) is 18.2 Å². The fraction of sp³-hybridized carbons (Fsp3) is 0.0833. The molecule has 0 aliphatic carbocycles. The highest BCUT2D eigenvalue weighted by molar-refractivity contribution is 5.86. The molecular formula is C12H10FN7O3. The van der Waals surface area contributed by atoms with Crippen molar-refractivity contribution >= 4 is 17.5 Å². The van der Waals surface area contributed by atoms with Crippen LogP contribution in [0.4, 0.5) is 15.9 Å². The van der Waals surface area contributed by atoms with Gasteiger partial charge in [0.15, 0.2) is 5.69 Å². The number of anilines is 2. The molecular weight excluding hydrogens is 309 g/mol. The van der Waals surface area contributed by atoms with E-state index in [1.807, 2.05) is 0 Å². The van der Waals surface area contributed by atoms with Gasteiger partial charge in [-0.25, -0.2) is 13.8 Å². The summed E-state index contributed by atoms with van der Waals surface area (Å²) in [7, 11) is 0. The Morgan fingerprint density at radius 2 is 2.17 bits per heavy atom. The van der Waals surface area contributed by atoms with Crippen LogP contribution in [0.15, 0.2) is 28.9 Å². The molecule has 0 aliphatic heterocycles. The number of nitrogens with two attached hydrogens (primary N) is 1. The fourth-order valence-electron chi connectivity index (χ4n) is 1.92. The van der Waals surface area contributed by atoms with Crippen molar-refractivity contribution in [1.29, 1.82) is 0 Å².